The second kappa shape index (κ2) is 7.68. The van der Waals surface area contributed by atoms with Gasteiger partial charge in [0, 0.05) is 13.5 Å². The first kappa shape index (κ1) is 20.3. The van der Waals surface area contributed by atoms with E-state index in [-0.39, 0.29) is 19.6 Å². The molecule has 0 aromatic rings. The fourth-order valence-corrected chi connectivity index (χ4v) is 3.56. The molecule has 6 N–H and O–H groups in total. The molecule has 10 nitrogen and oxygen atoms in total. The van der Waals surface area contributed by atoms with Crippen LogP contribution in [0, 0.1) is 0 Å². The van der Waals surface area contributed by atoms with E-state index in [1.165, 1.54) is 7.11 Å². The van der Waals surface area contributed by atoms with Crippen molar-refractivity contribution in [2.75, 3.05) is 26.9 Å². The molecule has 8 atom stereocenters. The molecule has 2 fully saturated rings. The highest BCUT2D eigenvalue weighted by Crippen LogP contribution is 2.47. The highest BCUT2D eigenvalue weighted by Gasteiger charge is 2.71. The van der Waals surface area contributed by atoms with Gasteiger partial charge in [-0.3, -0.25) is 0 Å². The SMILES string of the molecule is CO[C@H]1O[C@H](CO)[C@@H](O)[C@H](O)[C@@]1(O)[C@@]1(CCOS)OC[C@H](O)[C@H]1O. The number of methoxy groups -OCH3 is 1. The monoisotopic (exact) mass is 372 g/mol. The summed E-state index contributed by atoms with van der Waals surface area (Å²) >= 11 is 3.60. The lowest BCUT2D eigenvalue weighted by Gasteiger charge is -2.55. The van der Waals surface area contributed by atoms with Crippen molar-refractivity contribution < 1.29 is 49.0 Å². The van der Waals surface area contributed by atoms with Gasteiger partial charge in [0.1, 0.15) is 36.1 Å². The third-order valence-corrected chi connectivity index (χ3v) is 4.99. The van der Waals surface area contributed by atoms with E-state index >= 15 is 0 Å². The van der Waals surface area contributed by atoms with E-state index in [0.29, 0.717) is 0 Å². The molecule has 24 heavy (non-hydrogen) atoms. The molecular formula is C13H24O10S. The summed E-state index contributed by atoms with van der Waals surface area (Å²) in [5.74, 6) is 0. The van der Waals surface area contributed by atoms with Crippen LogP contribution in [0.4, 0.5) is 0 Å². The Balaban J connectivity index is 2.48. The second-order valence-electron chi connectivity index (χ2n) is 5.98. The van der Waals surface area contributed by atoms with Gasteiger partial charge in [-0.25, -0.2) is 0 Å². The lowest BCUT2D eigenvalue weighted by Crippen LogP contribution is -2.78. The summed E-state index contributed by atoms with van der Waals surface area (Å²) in [5, 5.41) is 61.4. The van der Waals surface area contributed by atoms with E-state index in [1.807, 2.05) is 0 Å². The first-order chi connectivity index (χ1) is 11.3. The minimum Gasteiger partial charge on any atom is -0.394 e. The van der Waals surface area contributed by atoms with E-state index in [4.69, 9.17) is 14.2 Å². The maximum absolute atomic E-state index is 11.2. The van der Waals surface area contributed by atoms with Gasteiger partial charge in [0.2, 0.25) is 0 Å². The topological polar surface area (TPSA) is 158 Å². The summed E-state index contributed by atoms with van der Waals surface area (Å²) in [4.78, 5) is 0. The van der Waals surface area contributed by atoms with Gasteiger partial charge in [-0.05, 0) is 12.9 Å². The van der Waals surface area contributed by atoms with Gasteiger partial charge < -0.3 is 49.0 Å². The molecule has 0 radical (unpaired) electrons. The summed E-state index contributed by atoms with van der Waals surface area (Å²) in [6.07, 6.45) is -9.53. The Morgan fingerprint density at radius 2 is 1.88 bits per heavy atom. The molecule has 2 saturated heterocycles. The van der Waals surface area contributed by atoms with Gasteiger partial charge in [0.25, 0.3) is 0 Å². The molecule has 142 valence electrons. The predicted octanol–water partition coefficient (Wildman–Crippen LogP) is -3.45. The fraction of sp³-hybridized carbons (Fsp3) is 1.00. The summed E-state index contributed by atoms with van der Waals surface area (Å²) in [7, 11) is 1.18. The number of hydrogen-bond donors (Lipinski definition) is 7. The van der Waals surface area contributed by atoms with Crippen LogP contribution in [0.3, 0.4) is 0 Å². The first-order valence-corrected chi connectivity index (χ1v) is 7.80. The van der Waals surface area contributed by atoms with Crippen LogP contribution in [0.1, 0.15) is 6.42 Å². The van der Waals surface area contributed by atoms with E-state index in [9.17, 15) is 30.6 Å². The Labute approximate surface area is 144 Å². The van der Waals surface area contributed by atoms with Gasteiger partial charge in [0.15, 0.2) is 11.9 Å². The van der Waals surface area contributed by atoms with E-state index in [2.05, 4.69) is 17.1 Å². The van der Waals surface area contributed by atoms with E-state index in [0.717, 1.165) is 0 Å². The average Bonchev–Trinajstić information content (AvgIpc) is 2.88. The van der Waals surface area contributed by atoms with Gasteiger partial charge in [-0.1, -0.05) is 0 Å². The molecule has 0 amide bonds. The standard InChI is InChI=1S/C13H24O10S/c1-20-11-13(19,10(18)8(16)7(4-14)23-11)12(2-3-22-24)9(17)6(15)5-21-12/h6-11,14-19,24H,2-5H2,1H3/t6-,7+,8+,9+,10-,11-,12-,13-/m0/s1. The maximum Gasteiger partial charge on any atom is 0.192 e. The van der Waals surface area contributed by atoms with E-state index < -0.39 is 54.6 Å². The lowest BCUT2D eigenvalue weighted by atomic mass is 9.69. The Kier molecular flexibility index (Phi) is 6.48. The Bertz CT molecular complexity index is 424. The average molecular weight is 372 g/mol. The zero-order valence-corrected chi connectivity index (χ0v) is 14.0. The summed E-state index contributed by atoms with van der Waals surface area (Å²) in [5.41, 5.74) is -4.42. The molecule has 0 aromatic carbocycles. The van der Waals surface area contributed by atoms with Crippen LogP contribution in [0.25, 0.3) is 0 Å². The van der Waals surface area contributed by atoms with Crippen molar-refractivity contribution in [2.45, 2.75) is 54.4 Å². The highest BCUT2D eigenvalue weighted by molar-refractivity contribution is 7.75. The third-order valence-electron chi connectivity index (χ3n) is 4.80. The summed E-state index contributed by atoms with van der Waals surface area (Å²) in [6.45, 7) is -1.07. The lowest BCUT2D eigenvalue weighted by molar-refractivity contribution is -0.383. The van der Waals surface area contributed by atoms with Crippen LogP contribution in [-0.2, 0) is 18.4 Å². The van der Waals surface area contributed by atoms with Crippen LogP contribution < -0.4 is 0 Å². The van der Waals surface area contributed by atoms with Crippen molar-refractivity contribution in [1.29, 1.82) is 0 Å². The molecule has 11 heteroatoms. The van der Waals surface area contributed by atoms with Crippen LogP contribution in [0.15, 0.2) is 0 Å². The smallest absolute Gasteiger partial charge is 0.192 e. The number of rotatable bonds is 6. The van der Waals surface area contributed by atoms with Crippen molar-refractivity contribution in [2.24, 2.45) is 0 Å². The Morgan fingerprint density at radius 3 is 2.33 bits per heavy atom. The van der Waals surface area contributed by atoms with Crippen molar-refractivity contribution in [3.05, 3.63) is 0 Å². The molecule has 2 heterocycles. The minimum atomic E-state index is -2.46. The third kappa shape index (κ3) is 2.87. The zero-order valence-electron chi connectivity index (χ0n) is 13.1. The summed E-state index contributed by atoms with van der Waals surface area (Å²) < 4.78 is 20.5. The largest absolute Gasteiger partial charge is 0.394 e. The number of aliphatic hydroxyl groups is 6. The van der Waals surface area contributed by atoms with Gasteiger partial charge in [-0.15, -0.1) is 0 Å². The van der Waals surface area contributed by atoms with Crippen LogP contribution in [-0.4, -0.2) is 106 Å². The Hall–Kier alpha value is -0.0500. The fourth-order valence-electron chi connectivity index (χ4n) is 3.47. The normalized spacial score (nSPS) is 49.5. The van der Waals surface area contributed by atoms with Crippen LogP contribution in [0.2, 0.25) is 0 Å². The van der Waals surface area contributed by atoms with Gasteiger partial charge in [0.05, 0.1) is 19.8 Å². The molecule has 0 aromatic heterocycles. The molecule has 0 unspecified atom stereocenters. The molecule has 0 spiro atoms. The molecule has 2 aliphatic rings. The highest BCUT2D eigenvalue weighted by atomic mass is 32.1. The maximum atomic E-state index is 11.2. The van der Waals surface area contributed by atoms with Crippen molar-refractivity contribution in [3.8, 4) is 0 Å². The molecule has 2 rings (SSSR count). The predicted molar refractivity (Wildman–Crippen MR) is 80.0 cm³/mol. The van der Waals surface area contributed by atoms with Gasteiger partial charge in [-0.2, -0.15) is 0 Å². The number of aliphatic hydroxyl groups excluding tert-OH is 5. The quantitative estimate of drug-likeness (QED) is 0.185. The zero-order chi connectivity index (χ0) is 18.1. The molecule has 0 bridgehead atoms. The van der Waals surface area contributed by atoms with Crippen molar-refractivity contribution >= 4 is 12.9 Å². The molecule has 2 aliphatic heterocycles. The summed E-state index contributed by atoms with van der Waals surface area (Å²) in [6, 6.07) is 0. The number of ether oxygens (including phenoxy) is 3. The van der Waals surface area contributed by atoms with Crippen molar-refractivity contribution in [3.63, 3.8) is 0 Å². The van der Waals surface area contributed by atoms with Crippen LogP contribution >= 0.6 is 12.9 Å². The van der Waals surface area contributed by atoms with Crippen molar-refractivity contribution in [1.82, 2.24) is 0 Å². The number of thiol groups is 1. The van der Waals surface area contributed by atoms with Crippen LogP contribution in [0.5, 0.6) is 0 Å². The first-order valence-electron chi connectivity index (χ1n) is 7.44. The van der Waals surface area contributed by atoms with Gasteiger partial charge >= 0.3 is 0 Å². The second-order valence-corrected chi connectivity index (χ2v) is 6.24. The molecule has 0 aliphatic carbocycles. The molecule has 0 saturated carbocycles. The number of hydrogen-bond acceptors (Lipinski definition) is 11. The minimum absolute atomic E-state index is 0.113. The van der Waals surface area contributed by atoms with E-state index in [1.54, 1.807) is 0 Å². The Morgan fingerprint density at radius 1 is 1.21 bits per heavy atom. The molecular weight excluding hydrogens is 348 g/mol.